The summed E-state index contributed by atoms with van der Waals surface area (Å²) in [5.74, 6) is 0.338. The van der Waals surface area contributed by atoms with Crippen LogP contribution in [0, 0.1) is 0 Å². The molecule has 228 valence electrons. The summed E-state index contributed by atoms with van der Waals surface area (Å²) < 4.78 is 28.5. The van der Waals surface area contributed by atoms with Crippen LogP contribution in [0.4, 0.5) is 0 Å². The van der Waals surface area contributed by atoms with Crippen LogP contribution in [0.3, 0.4) is 0 Å². The number of carbonyl (C=O) groups is 2. The molecule has 5 N–H and O–H groups in total. The van der Waals surface area contributed by atoms with Crippen molar-refractivity contribution in [2.24, 2.45) is 5.73 Å². The molecule has 12 bridgehead atoms. The molecule has 1 unspecified atom stereocenters. The Morgan fingerprint density at radius 1 is 0.800 bits per heavy atom. The second-order valence-corrected chi connectivity index (χ2v) is 10.1. The predicted molar refractivity (Wildman–Crippen MR) is 154 cm³/mol. The van der Waals surface area contributed by atoms with Crippen molar-refractivity contribution in [3.05, 3.63) is 102 Å². The molecule has 0 saturated carbocycles. The molecule has 6 heterocycles. The molecule has 0 aliphatic carbocycles. The standard InChI is InChI=1S/C30H26N8O7/c31-5-2-6-41-18-8-19-27-37-23(14-44-27)29-35-21(12-42-29)25(39)32-10-16-3-1-4-17(7-16)11-33-26(40)22-13-43-30(36-22)24-15-45-28(38-24)20(9-18)34-19/h1,3-4,7-9,12-15,19,34H,2,5-6,10-11,31H2,(H,32,39)(H,33,40). The van der Waals surface area contributed by atoms with E-state index in [1.54, 1.807) is 12.2 Å². The third-order valence-corrected chi connectivity index (χ3v) is 6.88. The molecule has 2 aliphatic rings. The number of benzene rings is 1. The van der Waals surface area contributed by atoms with Crippen LogP contribution < -0.4 is 21.7 Å². The number of nitrogens with two attached hydrogens (primary N) is 1. The Labute approximate surface area is 254 Å². The minimum Gasteiger partial charge on any atom is -0.494 e. The van der Waals surface area contributed by atoms with Gasteiger partial charge in [-0.05, 0) is 30.2 Å². The molecule has 15 heteroatoms. The molecule has 2 aliphatic heterocycles. The summed E-state index contributed by atoms with van der Waals surface area (Å²) in [4.78, 5) is 43.3. The zero-order valence-corrected chi connectivity index (χ0v) is 23.6. The van der Waals surface area contributed by atoms with Crippen molar-refractivity contribution in [3.8, 4) is 23.2 Å². The third-order valence-electron chi connectivity index (χ3n) is 6.88. The van der Waals surface area contributed by atoms with Gasteiger partial charge in [-0.2, -0.15) is 0 Å². The van der Waals surface area contributed by atoms with Gasteiger partial charge in [0, 0.05) is 19.2 Å². The Morgan fingerprint density at radius 3 is 2.09 bits per heavy atom. The van der Waals surface area contributed by atoms with Crippen LogP contribution in [0.15, 0.2) is 84.9 Å². The van der Waals surface area contributed by atoms with E-state index in [-0.39, 0.29) is 53.7 Å². The molecule has 5 aromatic rings. The van der Waals surface area contributed by atoms with E-state index < -0.39 is 17.9 Å². The maximum Gasteiger partial charge on any atom is 0.273 e. The highest BCUT2D eigenvalue weighted by Crippen LogP contribution is 2.30. The van der Waals surface area contributed by atoms with E-state index in [0.29, 0.717) is 36.7 Å². The number of nitrogens with zero attached hydrogens (tertiary/aromatic N) is 4. The Hall–Kier alpha value is -5.96. The fourth-order valence-electron chi connectivity index (χ4n) is 4.64. The summed E-state index contributed by atoms with van der Waals surface area (Å²) in [6.07, 6.45) is 9.42. The minimum absolute atomic E-state index is 0.0766. The van der Waals surface area contributed by atoms with Crippen LogP contribution in [0.25, 0.3) is 28.9 Å². The molecule has 2 amide bonds. The average molecular weight is 611 g/mol. The molecule has 1 aromatic carbocycles. The van der Waals surface area contributed by atoms with Crippen molar-refractivity contribution in [1.29, 1.82) is 0 Å². The number of hydrogen-bond donors (Lipinski definition) is 4. The lowest BCUT2D eigenvalue weighted by Gasteiger charge is -2.21. The number of rotatable bonds is 4. The first kappa shape index (κ1) is 27.8. The van der Waals surface area contributed by atoms with Gasteiger partial charge in [0.05, 0.1) is 6.61 Å². The van der Waals surface area contributed by atoms with Crippen molar-refractivity contribution in [2.75, 3.05) is 13.2 Å². The van der Waals surface area contributed by atoms with Crippen molar-refractivity contribution in [2.45, 2.75) is 25.6 Å². The van der Waals surface area contributed by atoms with Crippen molar-refractivity contribution >= 4 is 17.5 Å². The number of ether oxygens (including phenoxy) is 1. The number of hydrogen-bond acceptors (Lipinski definition) is 13. The lowest BCUT2D eigenvalue weighted by Crippen LogP contribution is -2.24. The zero-order chi connectivity index (χ0) is 30.8. The number of carbonyl (C=O) groups excluding carboxylic acids is 2. The van der Waals surface area contributed by atoms with Crippen LogP contribution in [0.5, 0.6) is 0 Å². The minimum atomic E-state index is -0.599. The molecule has 0 spiro atoms. The fourth-order valence-corrected chi connectivity index (χ4v) is 4.64. The van der Waals surface area contributed by atoms with Crippen molar-refractivity contribution in [1.82, 2.24) is 35.9 Å². The first-order chi connectivity index (χ1) is 22.0. The molecule has 15 nitrogen and oxygen atoms in total. The van der Waals surface area contributed by atoms with E-state index in [1.807, 2.05) is 24.3 Å². The Morgan fingerprint density at radius 2 is 1.40 bits per heavy atom. The van der Waals surface area contributed by atoms with Gasteiger partial charge in [-0.15, -0.1) is 0 Å². The topological polar surface area (TPSA) is 210 Å². The van der Waals surface area contributed by atoms with Crippen LogP contribution in [0.2, 0.25) is 0 Å². The largest absolute Gasteiger partial charge is 0.494 e. The molecule has 45 heavy (non-hydrogen) atoms. The van der Waals surface area contributed by atoms with Crippen LogP contribution in [-0.4, -0.2) is 44.9 Å². The maximum absolute atomic E-state index is 12.8. The van der Waals surface area contributed by atoms with Gasteiger partial charge < -0.3 is 44.1 Å². The van der Waals surface area contributed by atoms with E-state index in [1.165, 1.54) is 25.1 Å². The van der Waals surface area contributed by atoms with E-state index in [9.17, 15) is 9.59 Å². The molecule has 0 fully saturated rings. The summed E-state index contributed by atoms with van der Waals surface area (Å²) in [5.41, 5.74) is 8.49. The Balaban J connectivity index is 1.23. The monoisotopic (exact) mass is 610 g/mol. The van der Waals surface area contributed by atoms with Gasteiger partial charge in [0.15, 0.2) is 22.8 Å². The van der Waals surface area contributed by atoms with Crippen molar-refractivity contribution < 1.29 is 32.0 Å². The predicted octanol–water partition coefficient (Wildman–Crippen LogP) is 3.08. The van der Waals surface area contributed by atoms with E-state index in [4.69, 9.17) is 28.1 Å². The van der Waals surface area contributed by atoms with Crippen LogP contribution in [0.1, 0.15) is 56.3 Å². The molecular formula is C30H26N8O7. The fraction of sp³-hybridized carbons (Fsp3) is 0.200. The highest BCUT2D eigenvalue weighted by atomic mass is 16.5. The van der Waals surface area contributed by atoms with Gasteiger partial charge in [-0.1, -0.05) is 24.3 Å². The normalized spacial score (nSPS) is 16.4. The summed E-state index contributed by atoms with van der Waals surface area (Å²) in [6, 6.07) is 6.83. The SMILES string of the molecule is NCCCOC1=CC2NC(=C1)c1nc(co1)-c1nc(co1)C(=O)NCc1cccc(c1)CNC(=O)c1coc(n1)-c1coc2n1. The molecular weight excluding hydrogens is 584 g/mol. The third kappa shape index (κ3) is 5.96. The van der Waals surface area contributed by atoms with Gasteiger partial charge >= 0.3 is 0 Å². The Kier molecular flexibility index (Phi) is 7.41. The average Bonchev–Trinajstić information content (AvgIpc) is 3.88. The van der Waals surface area contributed by atoms with Gasteiger partial charge in [-0.25, -0.2) is 19.9 Å². The van der Waals surface area contributed by atoms with Crippen molar-refractivity contribution in [3.63, 3.8) is 0 Å². The maximum atomic E-state index is 12.8. The second-order valence-electron chi connectivity index (χ2n) is 10.1. The number of nitrogens with one attached hydrogen (secondary N) is 3. The lowest BCUT2D eigenvalue weighted by molar-refractivity contribution is 0.0938. The van der Waals surface area contributed by atoms with E-state index >= 15 is 0 Å². The smallest absolute Gasteiger partial charge is 0.273 e. The van der Waals surface area contributed by atoms with E-state index in [0.717, 1.165) is 11.1 Å². The highest BCUT2D eigenvalue weighted by molar-refractivity contribution is 5.92. The number of oxazole rings is 4. The number of dihydropyridines is 1. The first-order valence-corrected chi connectivity index (χ1v) is 14.0. The molecule has 1 atom stereocenters. The lowest BCUT2D eigenvalue weighted by atomic mass is 10.1. The molecule has 0 radical (unpaired) electrons. The molecule has 0 saturated heterocycles. The summed E-state index contributed by atoms with van der Waals surface area (Å²) in [5, 5.41) is 8.92. The second kappa shape index (κ2) is 12.0. The zero-order valence-electron chi connectivity index (χ0n) is 23.6. The first-order valence-electron chi connectivity index (χ1n) is 14.0. The van der Waals surface area contributed by atoms with Gasteiger partial charge in [0.2, 0.25) is 23.6 Å². The number of amides is 2. The Bertz CT molecular complexity index is 1930. The number of fused-ring (bicyclic) bond motifs is 16. The van der Waals surface area contributed by atoms with Crippen LogP contribution >= 0.6 is 0 Å². The van der Waals surface area contributed by atoms with Gasteiger partial charge in [0.25, 0.3) is 11.8 Å². The van der Waals surface area contributed by atoms with E-state index in [2.05, 4.69) is 35.9 Å². The van der Waals surface area contributed by atoms with Gasteiger partial charge in [-0.3, -0.25) is 9.59 Å². The quantitative estimate of drug-likeness (QED) is 0.216. The van der Waals surface area contributed by atoms with Gasteiger partial charge in [0.1, 0.15) is 42.6 Å². The number of allylic oxidation sites excluding steroid dienone is 1. The number of aromatic nitrogens is 4. The molecule has 4 aromatic heterocycles. The molecule has 7 rings (SSSR count). The highest BCUT2D eigenvalue weighted by Gasteiger charge is 2.27. The summed E-state index contributed by atoms with van der Waals surface area (Å²) in [7, 11) is 0. The van der Waals surface area contributed by atoms with Crippen LogP contribution in [-0.2, 0) is 17.8 Å². The summed E-state index contributed by atoms with van der Waals surface area (Å²) in [6.45, 7) is 1.32. The summed E-state index contributed by atoms with van der Waals surface area (Å²) >= 11 is 0.